The normalized spacial score (nSPS) is 23.2. The minimum Gasteiger partial charge on any atom is -0.493 e. The molecule has 0 radical (unpaired) electrons. The Labute approximate surface area is 211 Å². The molecule has 0 saturated carbocycles. The van der Waals surface area contributed by atoms with E-state index in [-0.39, 0.29) is 12.3 Å². The van der Waals surface area contributed by atoms with Crippen LogP contribution in [-0.4, -0.2) is 72.0 Å². The van der Waals surface area contributed by atoms with Gasteiger partial charge >= 0.3 is 0 Å². The largest absolute Gasteiger partial charge is 0.493 e. The molecule has 2 fully saturated rings. The van der Waals surface area contributed by atoms with E-state index in [9.17, 15) is 0 Å². The Balaban J connectivity index is 1.07. The van der Waals surface area contributed by atoms with Crippen LogP contribution in [0.4, 0.5) is 5.95 Å². The molecule has 0 aliphatic carbocycles. The van der Waals surface area contributed by atoms with Gasteiger partial charge in [-0.1, -0.05) is 12.1 Å². The van der Waals surface area contributed by atoms with E-state index in [1.807, 2.05) is 4.68 Å². The van der Waals surface area contributed by atoms with Crippen LogP contribution < -0.4 is 9.04 Å². The van der Waals surface area contributed by atoms with E-state index < -0.39 is 0 Å². The van der Waals surface area contributed by atoms with Gasteiger partial charge in [-0.25, -0.2) is 4.68 Å². The molecule has 188 valence electrons. The lowest BCUT2D eigenvalue weighted by molar-refractivity contribution is -0.165. The number of hydrogen-bond acceptors (Lipinski definition) is 8. The molecule has 6 rings (SSSR count). The first kappa shape index (κ1) is 23.3. The summed E-state index contributed by atoms with van der Waals surface area (Å²) in [5, 5.41) is 4.42. The number of benzene rings is 1. The van der Waals surface area contributed by atoms with Gasteiger partial charge in [0.25, 0.3) is 0 Å². The summed E-state index contributed by atoms with van der Waals surface area (Å²) in [6.45, 7) is 10.5. The van der Waals surface area contributed by atoms with Crippen molar-refractivity contribution in [1.82, 2.24) is 19.7 Å². The molecule has 35 heavy (non-hydrogen) atoms. The first-order valence-corrected chi connectivity index (χ1v) is 13.7. The lowest BCUT2D eigenvalue weighted by Crippen LogP contribution is -2.46. The molecule has 5 heterocycles. The Morgan fingerprint density at radius 3 is 2.94 bits per heavy atom. The SMILES string of the molecule is CC(C)n1ncnc1N1CC2=C(CCOc3cc(C4CN(CCOC5CCCCO5)C4)ccc32)S1. The molecule has 4 aliphatic rings. The van der Waals surface area contributed by atoms with Crippen LogP contribution >= 0.6 is 11.9 Å². The Kier molecular flexibility index (Phi) is 6.75. The van der Waals surface area contributed by atoms with Gasteiger partial charge in [-0.3, -0.25) is 9.21 Å². The molecule has 2 saturated heterocycles. The third-order valence-electron chi connectivity index (χ3n) is 7.32. The molecule has 1 atom stereocenters. The summed E-state index contributed by atoms with van der Waals surface area (Å²) in [5.74, 6) is 2.51. The van der Waals surface area contributed by atoms with Gasteiger partial charge in [0, 0.05) is 49.0 Å². The minimum atomic E-state index is 0.00753. The molecule has 0 amide bonds. The molecule has 2 aromatic rings. The average molecular weight is 498 g/mol. The fraction of sp³-hybridized carbons (Fsp3) is 0.615. The van der Waals surface area contributed by atoms with Crippen molar-refractivity contribution in [3.63, 3.8) is 0 Å². The molecule has 1 aromatic carbocycles. The zero-order valence-corrected chi connectivity index (χ0v) is 21.5. The molecule has 1 unspecified atom stereocenters. The lowest BCUT2D eigenvalue weighted by atomic mass is 9.89. The van der Waals surface area contributed by atoms with Gasteiger partial charge < -0.3 is 14.2 Å². The van der Waals surface area contributed by atoms with Crippen LogP contribution in [0.5, 0.6) is 5.75 Å². The van der Waals surface area contributed by atoms with Crippen LogP contribution in [0.2, 0.25) is 0 Å². The van der Waals surface area contributed by atoms with Crippen LogP contribution in [0.1, 0.15) is 62.6 Å². The number of likely N-dealkylation sites (tertiary alicyclic amines) is 1. The molecule has 0 spiro atoms. The van der Waals surface area contributed by atoms with Gasteiger partial charge in [-0.05, 0) is 62.3 Å². The van der Waals surface area contributed by atoms with Gasteiger partial charge in [0.05, 0.1) is 25.8 Å². The third-order valence-corrected chi connectivity index (χ3v) is 8.50. The van der Waals surface area contributed by atoms with Crippen molar-refractivity contribution in [2.75, 3.05) is 50.3 Å². The molecular weight excluding hydrogens is 462 g/mol. The summed E-state index contributed by atoms with van der Waals surface area (Å²) in [6.07, 6.45) is 6.00. The number of fused-ring (bicyclic) bond motifs is 2. The monoisotopic (exact) mass is 497 g/mol. The number of aromatic nitrogens is 3. The van der Waals surface area contributed by atoms with E-state index >= 15 is 0 Å². The van der Waals surface area contributed by atoms with Crippen molar-refractivity contribution < 1.29 is 14.2 Å². The topological polar surface area (TPSA) is 64.9 Å². The van der Waals surface area contributed by atoms with E-state index in [0.717, 1.165) is 70.4 Å². The number of hydrogen-bond donors (Lipinski definition) is 0. The first-order valence-electron chi connectivity index (χ1n) is 13.0. The van der Waals surface area contributed by atoms with Crippen molar-refractivity contribution in [2.24, 2.45) is 0 Å². The van der Waals surface area contributed by atoms with Gasteiger partial charge in [-0.2, -0.15) is 10.1 Å². The Hall–Kier alpha value is -2.07. The summed E-state index contributed by atoms with van der Waals surface area (Å²) in [4.78, 5) is 8.40. The van der Waals surface area contributed by atoms with E-state index in [1.165, 1.54) is 28.0 Å². The number of rotatable bonds is 7. The summed E-state index contributed by atoms with van der Waals surface area (Å²) < 4.78 is 22.1. The molecule has 1 aromatic heterocycles. The predicted molar refractivity (Wildman–Crippen MR) is 138 cm³/mol. The van der Waals surface area contributed by atoms with Crippen LogP contribution in [0, 0.1) is 0 Å². The molecule has 0 bridgehead atoms. The standard InChI is InChI=1S/C26H35N5O3S/c1-18(2)31-26(27-17-28-31)30-16-22-21-7-6-19(13-23(21)32-11-8-24(22)35-30)20-14-29(15-20)9-12-34-25-5-3-4-10-33-25/h6-7,13,17-18,20,25H,3-5,8-12,14-16H2,1-2H3. The number of ether oxygens (including phenoxy) is 3. The fourth-order valence-electron chi connectivity index (χ4n) is 5.32. The van der Waals surface area contributed by atoms with E-state index in [2.05, 4.69) is 51.3 Å². The van der Waals surface area contributed by atoms with E-state index in [1.54, 1.807) is 18.3 Å². The highest BCUT2D eigenvalue weighted by atomic mass is 32.2. The Morgan fingerprint density at radius 2 is 2.11 bits per heavy atom. The zero-order valence-electron chi connectivity index (χ0n) is 20.7. The quantitative estimate of drug-likeness (QED) is 0.520. The van der Waals surface area contributed by atoms with Crippen molar-refractivity contribution in [2.45, 2.75) is 57.8 Å². The second-order valence-corrected chi connectivity index (χ2v) is 11.2. The average Bonchev–Trinajstić information content (AvgIpc) is 3.45. The fourth-order valence-corrected chi connectivity index (χ4v) is 6.45. The van der Waals surface area contributed by atoms with Crippen molar-refractivity contribution in [3.05, 3.63) is 40.6 Å². The van der Waals surface area contributed by atoms with Crippen LogP contribution in [0.25, 0.3) is 5.57 Å². The predicted octanol–water partition coefficient (Wildman–Crippen LogP) is 4.46. The summed E-state index contributed by atoms with van der Waals surface area (Å²) in [6, 6.07) is 7.13. The Morgan fingerprint density at radius 1 is 1.20 bits per heavy atom. The highest BCUT2D eigenvalue weighted by molar-refractivity contribution is 8.04. The van der Waals surface area contributed by atoms with E-state index in [0.29, 0.717) is 12.5 Å². The lowest BCUT2D eigenvalue weighted by Gasteiger charge is -2.40. The highest BCUT2D eigenvalue weighted by Gasteiger charge is 2.33. The van der Waals surface area contributed by atoms with Crippen molar-refractivity contribution >= 4 is 23.5 Å². The molecule has 8 nitrogen and oxygen atoms in total. The maximum absolute atomic E-state index is 6.24. The maximum Gasteiger partial charge on any atom is 0.234 e. The zero-order chi connectivity index (χ0) is 23.8. The van der Waals surface area contributed by atoms with Crippen LogP contribution in [0.15, 0.2) is 29.4 Å². The second-order valence-electron chi connectivity index (χ2n) is 10.1. The molecule has 9 heteroatoms. The summed E-state index contributed by atoms with van der Waals surface area (Å²) >= 11 is 1.79. The minimum absolute atomic E-state index is 0.00753. The Bertz CT molecular complexity index is 1070. The highest BCUT2D eigenvalue weighted by Crippen LogP contribution is 2.46. The summed E-state index contributed by atoms with van der Waals surface area (Å²) in [5.41, 5.74) is 3.97. The summed E-state index contributed by atoms with van der Waals surface area (Å²) in [7, 11) is 0. The van der Waals surface area contributed by atoms with Crippen LogP contribution in [0.3, 0.4) is 0 Å². The van der Waals surface area contributed by atoms with Gasteiger partial charge in [0.15, 0.2) is 6.29 Å². The molecule has 0 N–H and O–H groups in total. The molecular formula is C26H35N5O3S. The van der Waals surface area contributed by atoms with Crippen molar-refractivity contribution in [3.8, 4) is 5.75 Å². The first-order chi connectivity index (χ1) is 17.2. The number of nitrogens with zero attached hydrogens (tertiary/aromatic N) is 5. The van der Waals surface area contributed by atoms with E-state index in [4.69, 9.17) is 14.2 Å². The van der Waals surface area contributed by atoms with Crippen LogP contribution in [-0.2, 0) is 9.47 Å². The van der Waals surface area contributed by atoms with Crippen molar-refractivity contribution in [1.29, 1.82) is 0 Å². The third kappa shape index (κ3) is 4.83. The van der Waals surface area contributed by atoms with Gasteiger partial charge in [0.1, 0.15) is 12.1 Å². The smallest absolute Gasteiger partial charge is 0.234 e. The van der Waals surface area contributed by atoms with Gasteiger partial charge in [0.2, 0.25) is 5.95 Å². The molecule has 4 aliphatic heterocycles. The second kappa shape index (κ2) is 10.1. The van der Waals surface area contributed by atoms with Gasteiger partial charge in [-0.15, -0.1) is 0 Å². The maximum atomic E-state index is 6.24. The number of anilines is 1.